The molecule has 0 unspecified atom stereocenters. The van der Waals surface area contributed by atoms with Gasteiger partial charge >= 0.3 is 0 Å². The van der Waals surface area contributed by atoms with Crippen LogP contribution in [-0.4, -0.2) is 11.4 Å². The standard InChI is InChI=1S/C10H9FOS2/c1-13-9-3-10-7(2-6(9)4-12)8(11)5-14-10/h2-3,5,12H,4H2,1H3. The number of thiophene rings is 1. The third-order valence-corrected chi connectivity index (χ3v) is 3.84. The van der Waals surface area contributed by atoms with Crippen molar-refractivity contribution in [2.24, 2.45) is 0 Å². The molecule has 0 bridgehead atoms. The highest BCUT2D eigenvalue weighted by atomic mass is 32.2. The second kappa shape index (κ2) is 3.88. The number of fused-ring (bicyclic) bond motifs is 1. The molecule has 0 aliphatic heterocycles. The molecule has 2 aromatic rings. The molecule has 4 heteroatoms. The Balaban J connectivity index is 2.71. The minimum Gasteiger partial charge on any atom is -0.392 e. The van der Waals surface area contributed by atoms with Gasteiger partial charge in [-0.2, -0.15) is 0 Å². The maximum Gasteiger partial charge on any atom is 0.141 e. The van der Waals surface area contributed by atoms with Gasteiger partial charge in [-0.3, -0.25) is 0 Å². The number of aliphatic hydroxyl groups is 1. The molecule has 0 atom stereocenters. The summed E-state index contributed by atoms with van der Waals surface area (Å²) >= 11 is 2.96. The summed E-state index contributed by atoms with van der Waals surface area (Å²) < 4.78 is 14.2. The molecule has 1 aromatic heterocycles. The molecule has 1 heterocycles. The summed E-state index contributed by atoms with van der Waals surface area (Å²) in [5.41, 5.74) is 0.794. The van der Waals surface area contributed by atoms with Crippen LogP contribution in [0, 0.1) is 5.82 Å². The van der Waals surface area contributed by atoms with Gasteiger partial charge in [0.15, 0.2) is 0 Å². The van der Waals surface area contributed by atoms with Gasteiger partial charge in [0.1, 0.15) is 5.82 Å². The first-order chi connectivity index (χ1) is 6.76. The Kier molecular flexibility index (Phi) is 2.76. The zero-order valence-electron chi connectivity index (χ0n) is 7.58. The first-order valence-electron chi connectivity index (χ1n) is 4.10. The third-order valence-electron chi connectivity index (χ3n) is 2.10. The first kappa shape index (κ1) is 9.96. The van der Waals surface area contributed by atoms with E-state index in [9.17, 15) is 4.39 Å². The number of aliphatic hydroxyl groups excluding tert-OH is 1. The molecule has 0 aliphatic carbocycles. The Bertz CT molecular complexity index is 464. The minimum absolute atomic E-state index is 0.0403. The molecule has 1 N–H and O–H groups in total. The molecule has 0 amide bonds. The Morgan fingerprint density at radius 3 is 2.93 bits per heavy atom. The average Bonchev–Trinajstić information content (AvgIpc) is 2.58. The number of rotatable bonds is 2. The lowest BCUT2D eigenvalue weighted by molar-refractivity contribution is 0.279. The summed E-state index contributed by atoms with van der Waals surface area (Å²) in [4.78, 5) is 1.02. The predicted octanol–water partition coefficient (Wildman–Crippen LogP) is 3.25. The lowest BCUT2D eigenvalue weighted by Crippen LogP contribution is -1.86. The topological polar surface area (TPSA) is 20.2 Å². The molecule has 0 saturated heterocycles. The molecule has 0 saturated carbocycles. The largest absolute Gasteiger partial charge is 0.392 e. The molecular formula is C10H9FOS2. The predicted molar refractivity (Wildman–Crippen MR) is 59.5 cm³/mol. The summed E-state index contributed by atoms with van der Waals surface area (Å²) in [6.45, 7) is -0.0403. The molecule has 0 spiro atoms. The van der Waals surface area contributed by atoms with Gasteiger partial charge in [0.05, 0.1) is 6.61 Å². The highest BCUT2D eigenvalue weighted by Gasteiger charge is 2.08. The first-order valence-corrected chi connectivity index (χ1v) is 6.21. The van der Waals surface area contributed by atoms with E-state index in [4.69, 9.17) is 5.11 Å². The van der Waals surface area contributed by atoms with E-state index in [-0.39, 0.29) is 12.4 Å². The van der Waals surface area contributed by atoms with Gasteiger partial charge in [-0.15, -0.1) is 23.1 Å². The van der Waals surface area contributed by atoms with Crippen LogP contribution < -0.4 is 0 Å². The lowest BCUT2D eigenvalue weighted by atomic mass is 10.2. The molecule has 0 fully saturated rings. The van der Waals surface area contributed by atoms with Gasteiger partial charge < -0.3 is 5.11 Å². The van der Waals surface area contributed by atoms with E-state index in [2.05, 4.69) is 0 Å². The van der Waals surface area contributed by atoms with Crippen molar-refractivity contribution in [1.82, 2.24) is 0 Å². The lowest BCUT2D eigenvalue weighted by Gasteiger charge is -2.04. The number of benzene rings is 1. The zero-order chi connectivity index (χ0) is 10.1. The number of hydrogen-bond acceptors (Lipinski definition) is 3. The van der Waals surface area contributed by atoms with Crippen LogP contribution in [0.5, 0.6) is 0 Å². The molecule has 0 aliphatic rings. The Labute approximate surface area is 89.6 Å². The van der Waals surface area contributed by atoms with Gasteiger partial charge in [0, 0.05) is 20.4 Å². The highest BCUT2D eigenvalue weighted by Crippen LogP contribution is 2.31. The van der Waals surface area contributed by atoms with Crippen molar-refractivity contribution >= 4 is 33.2 Å². The average molecular weight is 228 g/mol. The Morgan fingerprint density at radius 2 is 2.29 bits per heavy atom. The molecule has 74 valence electrons. The van der Waals surface area contributed by atoms with Crippen LogP contribution in [-0.2, 0) is 6.61 Å². The zero-order valence-corrected chi connectivity index (χ0v) is 9.21. The summed E-state index contributed by atoms with van der Waals surface area (Å²) in [6.07, 6.45) is 1.95. The fourth-order valence-corrected chi connectivity index (χ4v) is 2.91. The van der Waals surface area contributed by atoms with Gasteiger partial charge in [0.2, 0.25) is 0 Å². The van der Waals surface area contributed by atoms with Gasteiger partial charge in [-0.25, -0.2) is 4.39 Å². The highest BCUT2D eigenvalue weighted by molar-refractivity contribution is 7.98. The summed E-state index contributed by atoms with van der Waals surface area (Å²) in [5.74, 6) is -0.202. The Hall–Kier alpha value is -0.580. The van der Waals surface area contributed by atoms with Crippen LogP contribution in [0.15, 0.2) is 22.4 Å². The van der Waals surface area contributed by atoms with Crippen LogP contribution in [0.3, 0.4) is 0 Å². The van der Waals surface area contributed by atoms with Crippen LogP contribution in [0.1, 0.15) is 5.56 Å². The van der Waals surface area contributed by atoms with Crippen molar-refractivity contribution in [3.8, 4) is 0 Å². The van der Waals surface area contributed by atoms with Crippen molar-refractivity contribution in [1.29, 1.82) is 0 Å². The van der Waals surface area contributed by atoms with E-state index in [0.29, 0.717) is 5.39 Å². The smallest absolute Gasteiger partial charge is 0.141 e. The van der Waals surface area contributed by atoms with Crippen LogP contribution in [0.25, 0.3) is 10.1 Å². The fourth-order valence-electron chi connectivity index (χ4n) is 1.38. The van der Waals surface area contributed by atoms with Gasteiger partial charge in [-0.05, 0) is 24.0 Å². The van der Waals surface area contributed by atoms with Gasteiger partial charge in [0.25, 0.3) is 0 Å². The van der Waals surface area contributed by atoms with Crippen molar-refractivity contribution in [3.63, 3.8) is 0 Å². The minimum atomic E-state index is -0.202. The maximum absolute atomic E-state index is 13.2. The second-order valence-corrected chi connectivity index (χ2v) is 4.66. The number of thioether (sulfide) groups is 1. The number of hydrogen-bond donors (Lipinski definition) is 1. The maximum atomic E-state index is 13.2. The van der Waals surface area contributed by atoms with E-state index in [1.54, 1.807) is 17.8 Å². The van der Waals surface area contributed by atoms with Gasteiger partial charge in [-0.1, -0.05) is 0 Å². The summed E-state index contributed by atoms with van der Waals surface area (Å²) in [5, 5.41) is 11.2. The van der Waals surface area contributed by atoms with E-state index in [0.717, 1.165) is 15.2 Å². The van der Waals surface area contributed by atoms with E-state index in [1.165, 1.54) is 16.7 Å². The van der Waals surface area contributed by atoms with Crippen LogP contribution >= 0.6 is 23.1 Å². The monoisotopic (exact) mass is 228 g/mol. The summed E-state index contributed by atoms with van der Waals surface area (Å²) in [6, 6.07) is 3.66. The van der Waals surface area contributed by atoms with E-state index >= 15 is 0 Å². The molecule has 1 nitrogen and oxygen atoms in total. The van der Waals surface area contributed by atoms with Crippen LogP contribution in [0.4, 0.5) is 4.39 Å². The van der Waals surface area contributed by atoms with Crippen molar-refractivity contribution in [2.45, 2.75) is 11.5 Å². The van der Waals surface area contributed by atoms with E-state index < -0.39 is 0 Å². The molecule has 2 rings (SSSR count). The Morgan fingerprint density at radius 1 is 1.50 bits per heavy atom. The van der Waals surface area contributed by atoms with Crippen molar-refractivity contribution in [3.05, 3.63) is 28.9 Å². The normalized spacial score (nSPS) is 11.1. The fraction of sp³-hybridized carbons (Fsp3) is 0.200. The van der Waals surface area contributed by atoms with E-state index in [1.807, 2.05) is 12.3 Å². The number of halogens is 1. The molecule has 14 heavy (non-hydrogen) atoms. The summed E-state index contributed by atoms with van der Waals surface area (Å²) in [7, 11) is 0. The SMILES string of the molecule is CSc1cc2scc(F)c2cc1CO. The van der Waals surface area contributed by atoms with Crippen molar-refractivity contribution in [2.75, 3.05) is 6.26 Å². The van der Waals surface area contributed by atoms with Crippen LogP contribution in [0.2, 0.25) is 0 Å². The molecule has 0 radical (unpaired) electrons. The second-order valence-electron chi connectivity index (χ2n) is 2.90. The quantitative estimate of drug-likeness (QED) is 0.796. The molecule has 1 aromatic carbocycles. The van der Waals surface area contributed by atoms with Crippen molar-refractivity contribution < 1.29 is 9.50 Å². The molecular weight excluding hydrogens is 219 g/mol. The third kappa shape index (κ3) is 1.54.